The first kappa shape index (κ1) is 27.7. The van der Waals surface area contributed by atoms with Crippen LogP contribution in [0.5, 0.6) is 5.88 Å². The molecule has 0 aliphatic rings. The van der Waals surface area contributed by atoms with Crippen LogP contribution in [0.25, 0.3) is 11.1 Å². The summed E-state index contributed by atoms with van der Waals surface area (Å²) >= 11 is 0. The quantitative estimate of drug-likeness (QED) is 0.226. The van der Waals surface area contributed by atoms with Gasteiger partial charge in [0.1, 0.15) is 5.82 Å². The molecule has 2 aromatic carbocycles. The van der Waals surface area contributed by atoms with Crippen molar-refractivity contribution in [2.45, 2.75) is 55.4 Å². The number of hydrogen-bond acceptors (Lipinski definition) is 6. The summed E-state index contributed by atoms with van der Waals surface area (Å²) in [6.07, 6.45) is 9.21. The summed E-state index contributed by atoms with van der Waals surface area (Å²) in [5, 5.41) is 10.8. The number of unbranched alkanes of at least 4 members (excludes halogenated alkanes) is 1. The maximum Gasteiger partial charge on any atom is 0.277 e. The van der Waals surface area contributed by atoms with Crippen molar-refractivity contribution in [1.29, 1.82) is 0 Å². The molecule has 200 valence electrons. The number of aromatic nitrogens is 3. The van der Waals surface area contributed by atoms with Crippen LogP contribution in [0.2, 0.25) is 0 Å². The topological polar surface area (TPSA) is 102 Å². The van der Waals surface area contributed by atoms with E-state index >= 15 is 0 Å². The van der Waals surface area contributed by atoms with Crippen LogP contribution >= 0.6 is 0 Å². The van der Waals surface area contributed by atoms with Crippen LogP contribution in [-0.4, -0.2) is 28.1 Å². The lowest BCUT2D eigenvalue weighted by Crippen LogP contribution is -2.33. The molecule has 4 rings (SSSR count). The van der Waals surface area contributed by atoms with Crippen LogP contribution in [0, 0.1) is 18.3 Å². The molecule has 9 heteroatoms. The molecular weight excluding hydrogens is 517 g/mol. The first-order chi connectivity index (χ1) is 18.7. The Balaban J connectivity index is 1.88. The Morgan fingerprint density at radius 3 is 2.49 bits per heavy atom. The molecule has 0 saturated carbocycles. The number of rotatable bonds is 9. The normalized spacial score (nSPS) is 12.2. The van der Waals surface area contributed by atoms with E-state index in [1.165, 1.54) is 41.1 Å². The van der Waals surface area contributed by atoms with Crippen molar-refractivity contribution in [3.05, 3.63) is 100 Å². The van der Waals surface area contributed by atoms with Gasteiger partial charge in [-0.05, 0) is 60.4 Å². The van der Waals surface area contributed by atoms with E-state index in [0.717, 1.165) is 12.0 Å². The Morgan fingerprint density at radius 1 is 1.10 bits per heavy atom. The van der Waals surface area contributed by atoms with E-state index in [-0.39, 0.29) is 10.5 Å². The molecule has 0 radical (unpaired) electrons. The summed E-state index contributed by atoms with van der Waals surface area (Å²) in [7, 11) is -4.49. The van der Waals surface area contributed by atoms with Crippen molar-refractivity contribution >= 4 is 9.84 Å². The third-order valence-corrected chi connectivity index (χ3v) is 8.31. The van der Waals surface area contributed by atoms with Crippen LogP contribution in [-0.2, 0) is 16.3 Å². The number of benzene rings is 2. The minimum atomic E-state index is -4.49. The van der Waals surface area contributed by atoms with Gasteiger partial charge < -0.3 is 5.11 Å². The maximum absolute atomic E-state index is 14.1. The Kier molecular flexibility index (Phi) is 8.27. The Labute approximate surface area is 227 Å². The lowest BCUT2D eigenvalue weighted by Gasteiger charge is -2.23. The van der Waals surface area contributed by atoms with E-state index in [9.17, 15) is 22.7 Å². The molecule has 1 N–H and O–H groups in total. The molecule has 2 aromatic heterocycles. The standard InChI is InChI=1S/C30H28FN3O4S/c1-4-7-13-26-33-29(35)27(30(36)34(26)25(6-3)22-11-8-10-20(5-2)19-22)39(37,38)23-16-14-21(15-17-23)24-12-9-18-32-28(24)31/h2,8-12,14-19,25,35H,4,6-7,13H2,1,3H3/t25-/m0/s1. The molecule has 1 atom stereocenters. The average Bonchev–Trinajstić information content (AvgIpc) is 2.94. The van der Waals surface area contributed by atoms with E-state index in [1.807, 2.05) is 19.9 Å². The molecular formula is C30H28FN3O4S. The summed E-state index contributed by atoms with van der Waals surface area (Å²) in [5.41, 5.74) is 1.10. The van der Waals surface area contributed by atoms with Crippen molar-refractivity contribution < 1.29 is 17.9 Å². The van der Waals surface area contributed by atoms with E-state index in [1.54, 1.807) is 24.3 Å². The van der Waals surface area contributed by atoms with E-state index in [0.29, 0.717) is 36.2 Å². The summed E-state index contributed by atoms with van der Waals surface area (Å²) < 4.78 is 42.9. The molecule has 39 heavy (non-hydrogen) atoms. The molecule has 0 spiro atoms. The Bertz CT molecular complexity index is 1710. The highest BCUT2D eigenvalue weighted by molar-refractivity contribution is 7.91. The predicted octanol–water partition coefficient (Wildman–Crippen LogP) is 5.31. The van der Waals surface area contributed by atoms with E-state index < -0.39 is 38.2 Å². The third-order valence-electron chi connectivity index (χ3n) is 6.52. The van der Waals surface area contributed by atoms with Gasteiger partial charge >= 0.3 is 0 Å². The molecule has 0 aliphatic heterocycles. The van der Waals surface area contributed by atoms with Crippen molar-refractivity contribution in [1.82, 2.24) is 14.5 Å². The lowest BCUT2D eigenvalue weighted by molar-refractivity contribution is 0.406. The Morgan fingerprint density at radius 2 is 1.85 bits per heavy atom. The van der Waals surface area contributed by atoms with Crippen molar-refractivity contribution in [2.75, 3.05) is 0 Å². The first-order valence-electron chi connectivity index (χ1n) is 12.6. The maximum atomic E-state index is 14.1. The molecule has 0 amide bonds. The number of hydrogen-bond donors (Lipinski definition) is 1. The third kappa shape index (κ3) is 5.47. The lowest BCUT2D eigenvalue weighted by atomic mass is 10.0. The van der Waals surface area contributed by atoms with Crippen LogP contribution in [0.4, 0.5) is 4.39 Å². The van der Waals surface area contributed by atoms with Crippen molar-refractivity contribution in [2.24, 2.45) is 0 Å². The monoisotopic (exact) mass is 545 g/mol. The van der Waals surface area contributed by atoms with Gasteiger partial charge in [-0.2, -0.15) is 9.37 Å². The SMILES string of the molecule is C#Cc1cccc([C@H](CC)n2c(CCCC)nc(O)c(S(=O)(=O)c3ccc(-c4cccnc4F)cc3)c2=O)c1. The van der Waals surface area contributed by atoms with Gasteiger partial charge in [0.2, 0.25) is 21.7 Å². The summed E-state index contributed by atoms with van der Waals surface area (Å²) in [5.74, 6) is 1.33. The number of nitrogens with zero attached hydrogens (tertiary/aromatic N) is 3. The molecule has 0 unspecified atom stereocenters. The number of aryl methyl sites for hydroxylation is 1. The van der Waals surface area contributed by atoms with Gasteiger partial charge in [-0.3, -0.25) is 9.36 Å². The molecule has 2 heterocycles. The van der Waals surface area contributed by atoms with Gasteiger partial charge in [-0.25, -0.2) is 13.4 Å². The van der Waals surface area contributed by atoms with E-state index in [4.69, 9.17) is 6.42 Å². The van der Waals surface area contributed by atoms with Gasteiger partial charge in [-0.15, -0.1) is 6.42 Å². The Hall–Kier alpha value is -4.29. The van der Waals surface area contributed by atoms with Gasteiger partial charge in [-0.1, -0.05) is 50.5 Å². The molecule has 7 nitrogen and oxygen atoms in total. The summed E-state index contributed by atoms with van der Waals surface area (Å²) in [4.78, 5) is 20.7. The zero-order chi connectivity index (χ0) is 28.2. The molecule has 0 fully saturated rings. The second-order valence-corrected chi connectivity index (χ2v) is 10.9. The molecule has 4 aromatic rings. The van der Waals surface area contributed by atoms with Crippen LogP contribution in [0.1, 0.15) is 56.1 Å². The minimum Gasteiger partial charge on any atom is -0.492 e. The molecule has 0 saturated heterocycles. The number of sulfone groups is 1. The number of aromatic hydroxyl groups is 1. The predicted molar refractivity (Wildman–Crippen MR) is 147 cm³/mol. The van der Waals surface area contributed by atoms with Crippen molar-refractivity contribution in [3.63, 3.8) is 0 Å². The number of terminal acetylenes is 1. The molecule has 0 bridgehead atoms. The first-order valence-corrected chi connectivity index (χ1v) is 14.1. The van der Waals surface area contributed by atoms with Crippen molar-refractivity contribution in [3.8, 4) is 29.4 Å². The highest BCUT2D eigenvalue weighted by atomic mass is 32.2. The van der Waals surface area contributed by atoms with Gasteiger partial charge in [0.15, 0.2) is 4.90 Å². The summed E-state index contributed by atoms with van der Waals surface area (Å²) in [6, 6.07) is 15.1. The highest BCUT2D eigenvalue weighted by Gasteiger charge is 2.31. The second-order valence-electron chi connectivity index (χ2n) is 9.02. The number of halogens is 1. The average molecular weight is 546 g/mol. The fourth-order valence-electron chi connectivity index (χ4n) is 4.55. The fourth-order valence-corrected chi connectivity index (χ4v) is 5.90. The fraction of sp³-hybridized carbons (Fsp3) is 0.233. The number of pyridine rings is 1. The van der Waals surface area contributed by atoms with Gasteiger partial charge in [0.25, 0.3) is 5.56 Å². The smallest absolute Gasteiger partial charge is 0.277 e. The minimum absolute atomic E-state index is 0.202. The van der Waals surface area contributed by atoms with Gasteiger partial charge in [0.05, 0.1) is 10.9 Å². The van der Waals surface area contributed by atoms with Gasteiger partial charge in [0, 0.05) is 23.7 Å². The largest absolute Gasteiger partial charge is 0.492 e. The zero-order valence-electron chi connectivity index (χ0n) is 21.6. The zero-order valence-corrected chi connectivity index (χ0v) is 22.5. The van der Waals surface area contributed by atoms with Crippen LogP contribution in [0.3, 0.4) is 0 Å². The van der Waals surface area contributed by atoms with Crippen LogP contribution in [0.15, 0.2) is 81.4 Å². The highest BCUT2D eigenvalue weighted by Crippen LogP contribution is 2.30. The van der Waals surface area contributed by atoms with Crippen LogP contribution < -0.4 is 5.56 Å². The summed E-state index contributed by atoms with van der Waals surface area (Å²) in [6.45, 7) is 3.86. The molecule has 0 aliphatic carbocycles. The second kappa shape index (κ2) is 11.6. The van der Waals surface area contributed by atoms with E-state index in [2.05, 4.69) is 15.9 Å².